The molecule has 0 radical (unpaired) electrons. The third-order valence-electron chi connectivity index (χ3n) is 5.78. The fourth-order valence-electron chi connectivity index (χ4n) is 3.86. The molecular weight excluding hydrogens is 436 g/mol. The number of carbonyl (C=O) groups is 2. The minimum absolute atomic E-state index is 0.153. The number of ether oxygens (including phenoxy) is 2. The van der Waals surface area contributed by atoms with Gasteiger partial charge in [0.15, 0.2) is 0 Å². The summed E-state index contributed by atoms with van der Waals surface area (Å²) in [4.78, 5) is 41.5. The van der Waals surface area contributed by atoms with Gasteiger partial charge in [-0.2, -0.15) is 5.10 Å². The summed E-state index contributed by atoms with van der Waals surface area (Å²) in [5.74, 6) is 0.657. The predicted molar refractivity (Wildman–Crippen MR) is 126 cm³/mol. The van der Waals surface area contributed by atoms with Crippen LogP contribution in [0.1, 0.15) is 10.4 Å². The zero-order valence-electron chi connectivity index (χ0n) is 19.1. The van der Waals surface area contributed by atoms with Crippen LogP contribution < -0.4 is 15.0 Å². The molecule has 0 spiro atoms. The quantitative estimate of drug-likeness (QED) is 0.556. The molecule has 1 fully saturated rings. The highest BCUT2D eigenvalue weighted by Gasteiger charge is 2.27. The fourth-order valence-corrected chi connectivity index (χ4v) is 3.86. The third kappa shape index (κ3) is 4.93. The number of piperazine rings is 1. The molecule has 1 saturated heterocycles. The number of rotatable bonds is 6. The summed E-state index contributed by atoms with van der Waals surface area (Å²) < 4.78 is 11.7. The molecule has 0 atom stereocenters. The van der Waals surface area contributed by atoms with Gasteiger partial charge in [-0.25, -0.2) is 4.68 Å². The highest BCUT2D eigenvalue weighted by Crippen LogP contribution is 2.26. The number of methoxy groups -OCH3 is 2. The lowest BCUT2D eigenvalue weighted by Gasteiger charge is -2.35. The van der Waals surface area contributed by atoms with E-state index < -0.39 is 0 Å². The van der Waals surface area contributed by atoms with E-state index in [1.54, 1.807) is 41.2 Å². The van der Waals surface area contributed by atoms with E-state index in [4.69, 9.17) is 9.47 Å². The van der Waals surface area contributed by atoms with Gasteiger partial charge < -0.3 is 19.3 Å². The summed E-state index contributed by atoms with van der Waals surface area (Å²) in [6.07, 6.45) is 0. The van der Waals surface area contributed by atoms with Crippen molar-refractivity contribution in [3.63, 3.8) is 0 Å². The van der Waals surface area contributed by atoms with E-state index in [0.29, 0.717) is 48.9 Å². The first-order valence-electron chi connectivity index (χ1n) is 10.9. The number of benzene rings is 2. The molecule has 9 heteroatoms. The van der Waals surface area contributed by atoms with Crippen molar-refractivity contribution in [2.45, 2.75) is 6.54 Å². The van der Waals surface area contributed by atoms with Crippen LogP contribution in [0.4, 0.5) is 0 Å². The lowest BCUT2D eigenvalue weighted by Crippen LogP contribution is -2.51. The van der Waals surface area contributed by atoms with Crippen LogP contribution in [0.3, 0.4) is 0 Å². The van der Waals surface area contributed by atoms with Crippen molar-refractivity contribution >= 4 is 11.8 Å². The summed E-state index contributed by atoms with van der Waals surface area (Å²) in [5.41, 5.74) is 1.59. The molecular formula is C25H26N4O5. The Hall–Kier alpha value is -4.14. The van der Waals surface area contributed by atoms with E-state index in [9.17, 15) is 14.4 Å². The maximum absolute atomic E-state index is 13.0. The first kappa shape index (κ1) is 23.0. The normalized spacial score (nSPS) is 13.5. The van der Waals surface area contributed by atoms with Crippen molar-refractivity contribution in [2.24, 2.45) is 0 Å². The zero-order chi connectivity index (χ0) is 24.1. The topological polar surface area (TPSA) is 94.0 Å². The summed E-state index contributed by atoms with van der Waals surface area (Å²) in [7, 11) is 3.05. The average Bonchev–Trinajstić information content (AvgIpc) is 2.89. The van der Waals surface area contributed by atoms with Gasteiger partial charge in [-0.3, -0.25) is 14.4 Å². The van der Waals surface area contributed by atoms with E-state index in [2.05, 4.69) is 5.10 Å². The van der Waals surface area contributed by atoms with Crippen LogP contribution in [0.2, 0.25) is 0 Å². The molecule has 3 aromatic rings. The number of aromatic nitrogens is 2. The molecule has 176 valence electrons. The van der Waals surface area contributed by atoms with E-state index in [1.807, 2.05) is 30.3 Å². The van der Waals surface area contributed by atoms with E-state index in [1.165, 1.54) is 17.9 Å². The Morgan fingerprint density at radius 2 is 1.59 bits per heavy atom. The second-order valence-electron chi connectivity index (χ2n) is 7.82. The molecule has 1 aromatic heterocycles. The van der Waals surface area contributed by atoms with Gasteiger partial charge in [0.1, 0.15) is 18.0 Å². The fraction of sp³-hybridized carbons (Fsp3) is 0.280. The molecule has 1 aliphatic rings. The van der Waals surface area contributed by atoms with Gasteiger partial charge in [0.2, 0.25) is 5.91 Å². The number of carbonyl (C=O) groups excluding carboxylic acids is 2. The number of nitrogens with zero attached hydrogens (tertiary/aromatic N) is 4. The largest absolute Gasteiger partial charge is 0.497 e. The summed E-state index contributed by atoms with van der Waals surface area (Å²) >= 11 is 0. The SMILES string of the molecule is COc1ccc(C(=O)N2CCN(C(=O)Cn3nc(-c4ccccc4)ccc3=O)CC2)c(OC)c1. The molecule has 0 unspecified atom stereocenters. The van der Waals surface area contributed by atoms with Crippen molar-refractivity contribution in [1.29, 1.82) is 0 Å². The van der Waals surface area contributed by atoms with Crippen molar-refractivity contribution in [3.8, 4) is 22.8 Å². The van der Waals surface area contributed by atoms with Gasteiger partial charge in [-0.15, -0.1) is 0 Å². The molecule has 0 aliphatic carbocycles. The molecule has 2 heterocycles. The van der Waals surface area contributed by atoms with Crippen LogP contribution in [0.15, 0.2) is 65.5 Å². The zero-order valence-corrected chi connectivity index (χ0v) is 19.1. The van der Waals surface area contributed by atoms with Crippen molar-refractivity contribution in [3.05, 3.63) is 76.6 Å². The van der Waals surface area contributed by atoms with Crippen LogP contribution in [-0.2, 0) is 11.3 Å². The predicted octanol–water partition coefficient (Wildman–Crippen LogP) is 1.91. The van der Waals surface area contributed by atoms with Gasteiger partial charge in [0.05, 0.1) is 25.5 Å². The van der Waals surface area contributed by atoms with Crippen LogP contribution in [0.5, 0.6) is 11.5 Å². The Morgan fingerprint density at radius 1 is 0.882 bits per heavy atom. The van der Waals surface area contributed by atoms with Gasteiger partial charge in [0.25, 0.3) is 11.5 Å². The Labute approximate surface area is 197 Å². The molecule has 0 saturated carbocycles. The lowest BCUT2D eigenvalue weighted by molar-refractivity contribution is -0.133. The summed E-state index contributed by atoms with van der Waals surface area (Å²) in [5, 5.41) is 4.36. The first-order valence-corrected chi connectivity index (χ1v) is 10.9. The molecule has 1 aliphatic heterocycles. The van der Waals surface area contributed by atoms with E-state index >= 15 is 0 Å². The molecule has 2 amide bonds. The first-order chi connectivity index (χ1) is 16.5. The van der Waals surface area contributed by atoms with Crippen LogP contribution in [-0.4, -0.2) is 71.8 Å². The highest BCUT2D eigenvalue weighted by molar-refractivity contribution is 5.97. The third-order valence-corrected chi connectivity index (χ3v) is 5.78. The Morgan fingerprint density at radius 3 is 2.26 bits per heavy atom. The van der Waals surface area contributed by atoms with Gasteiger partial charge >= 0.3 is 0 Å². The second-order valence-corrected chi connectivity index (χ2v) is 7.82. The molecule has 9 nitrogen and oxygen atoms in total. The maximum Gasteiger partial charge on any atom is 0.267 e. The Balaban J connectivity index is 1.40. The van der Waals surface area contributed by atoms with Crippen molar-refractivity contribution < 1.29 is 19.1 Å². The molecule has 0 N–H and O–H groups in total. The van der Waals surface area contributed by atoms with Gasteiger partial charge in [-0.1, -0.05) is 30.3 Å². The monoisotopic (exact) mass is 462 g/mol. The highest BCUT2D eigenvalue weighted by atomic mass is 16.5. The number of hydrogen-bond donors (Lipinski definition) is 0. The maximum atomic E-state index is 13.0. The van der Waals surface area contributed by atoms with Crippen LogP contribution in [0, 0.1) is 0 Å². The van der Waals surface area contributed by atoms with Crippen LogP contribution in [0.25, 0.3) is 11.3 Å². The standard InChI is InChI=1S/C25H26N4O5/c1-33-19-8-9-20(22(16-19)34-2)25(32)28-14-12-27(13-15-28)24(31)17-29-23(30)11-10-21(26-29)18-6-4-3-5-7-18/h3-11,16H,12-15,17H2,1-2H3. The van der Waals surface area contributed by atoms with E-state index in [0.717, 1.165) is 5.56 Å². The number of amides is 2. The lowest BCUT2D eigenvalue weighted by atomic mass is 10.1. The van der Waals surface area contributed by atoms with Crippen LogP contribution >= 0.6 is 0 Å². The van der Waals surface area contributed by atoms with Gasteiger partial charge in [-0.05, 0) is 18.2 Å². The summed E-state index contributed by atoms with van der Waals surface area (Å²) in [6.45, 7) is 1.35. The average molecular weight is 463 g/mol. The smallest absolute Gasteiger partial charge is 0.267 e. The Kier molecular flexibility index (Phi) is 6.91. The Bertz CT molecular complexity index is 1230. The van der Waals surface area contributed by atoms with Gasteiger partial charge in [0, 0.05) is 43.9 Å². The molecule has 2 aromatic carbocycles. The minimum atomic E-state index is -0.339. The second kappa shape index (κ2) is 10.2. The van der Waals surface area contributed by atoms with Crippen molar-refractivity contribution in [2.75, 3.05) is 40.4 Å². The van der Waals surface area contributed by atoms with Crippen molar-refractivity contribution in [1.82, 2.24) is 19.6 Å². The van der Waals surface area contributed by atoms with E-state index in [-0.39, 0.29) is 23.9 Å². The minimum Gasteiger partial charge on any atom is -0.497 e. The molecule has 4 rings (SSSR count). The molecule has 0 bridgehead atoms. The number of hydrogen-bond acceptors (Lipinski definition) is 6. The molecule has 34 heavy (non-hydrogen) atoms. The summed E-state index contributed by atoms with van der Waals surface area (Å²) in [6, 6.07) is 17.6.